The second-order valence-electron chi connectivity index (χ2n) is 4.69. The van der Waals surface area contributed by atoms with E-state index in [2.05, 4.69) is 20.4 Å². The maximum Gasteiger partial charge on any atom is 0.182 e. The molecule has 0 aliphatic rings. The average molecular weight is 310 g/mol. The van der Waals surface area contributed by atoms with E-state index < -0.39 is 9.84 Å². The van der Waals surface area contributed by atoms with E-state index in [-0.39, 0.29) is 16.5 Å². The van der Waals surface area contributed by atoms with Crippen molar-refractivity contribution >= 4 is 21.5 Å². The van der Waals surface area contributed by atoms with E-state index in [4.69, 9.17) is 5.73 Å². The van der Waals surface area contributed by atoms with Crippen molar-refractivity contribution in [3.05, 3.63) is 17.6 Å². The van der Waals surface area contributed by atoms with Gasteiger partial charge in [-0.3, -0.25) is 0 Å². The molecule has 0 fully saturated rings. The molecule has 2 aromatic rings. The highest BCUT2D eigenvalue weighted by Crippen LogP contribution is 2.28. The second kappa shape index (κ2) is 5.32. The van der Waals surface area contributed by atoms with Crippen LogP contribution in [0.15, 0.2) is 11.0 Å². The van der Waals surface area contributed by atoms with Gasteiger partial charge in [0.25, 0.3) is 0 Å². The Hall–Kier alpha value is -2.16. The first-order valence-electron chi connectivity index (χ1n) is 6.39. The van der Waals surface area contributed by atoms with Gasteiger partial charge in [0.15, 0.2) is 26.4 Å². The predicted molar refractivity (Wildman–Crippen MR) is 80.3 cm³/mol. The van der Waals surface area contributed by atoms with Crippen molar-refractivity contribution in [2.24, 2.45) is 0 Å². The topological polar surface area (TPSA) is 116 Å². The summed E-state index contributed by atoms with van der Waals surface area (Å²) in [4.78, 5) is 8.41. The third-order valence-corrected chi connectivity index (χ3v) is 3.90. The van der Waals surface area contributed by atoms with Crippen LogP contribution in [0.25, 0.3) is 5.82 Å². The normalized spacial score (nSPS) is 11.6. The van der Waals surface area contributed by atoms with E-state index in [1.54, 1.807) is 13.0 Å². The van der Waals surface area contributed by atoms with Gasteiger partial charge < -0.3 is 11.1 Å². The summed E-state index contributed by atoms with van der Waals surface area (Å²) < 4.78 is 25.2. The molecule has 0 saturated carbocycles. The molecule has 0 aliphatic heterocycles. The summed E-state index contributed by atoms with van der Waals surface area (Å²) in [6.45, 7) is 5.94. The number of nitrogens with two attached hydrogens (primary N) is 1. The molecule has 0 spiro atoms. The molecule has 3 N–H and O–H groups in total. The van der Waals surface area contributed by atoms with Gasteiger partial charge in [-0.2, -0.15) is 4.68 Å². The number of aromatic nitrogens is 4. The van der Waals surface area contributed by atoms with Crippen molar-refractivity contribution in [1.82, 2.24) is 19.7 Å². The zero-order chi connectivity index (χ0) is 15.8. The summed E-state index contributed by atoms with van der Waals surface area (Å²) in [5, 5.41) is 7.14. The van der Waals surface area contributed by atoms with Gasteiger partial charge >= 0.3 is 0 Å². The number of aryl methyl sites for hydroxylation is 2. The first-order valence-corrected chi connectivity index (χ1v) is 8.28. The van der Waals surface area contributed by atoms with Gasteiger partial charge in [0.1, 0.15) is 11.6 Å². The van der Waals surface area contributed by atoms with Gasteiger partial charge in [-0.25, -0.2) is 18.4 Å². The van der Waals surface area contributed by atoms with Crippen LogP contribution in [-0.2, 0) is 9.84 Å². The van der Waals surface area contributed by atoms with Crippen LogP contribution in [0.1, 0.15) is 18.4 Å². The highest BCUT2D eigenvalue weighted by atomic mass is 32.2. The Morgan fingerprint density at radius 2 is 2.00 bits per heavy atom. The molecule has 2 rings (SSSR count). The molecule has 0 saturated heterocycles. The van der Waals surface area contributed by atoms with Crippen LogP contribution in [0.3, 0.4) is 0 Å². The van der Waals surface area contributed by atoms with Gasteiger partial charge in [0.2, 0.25) is 0 Å². The average Bonchev–Trinajstić information content (AvgIpc) is 2.65. The minimum Gasteiger partial charge on any atom is -0.382 e. The fraction of sp³-hybridized carbons (Fsp3) is 0.417. The maximum atomic E-state index is 11.9. The lowest BCUT2D eigenvalue weighted by atomic mass is 10.4. The predicted octanol–water partition coefficient (Wildman–Crippen LogP) is 0.697. The fourth-order valence-corrected chi connectivity index (χ4v) is 2.98. The molecule has 2 aromatic heterocycles. The summed E-state index contributed by atoms with van der Waals surface area (Å²) in [6.07, 6.45) is 1.10. The number of rotatable bonds is 4. The third-order valence-electron chi connectivity index (χ3n) is 2.76. The lowest BCUT2D eigenvalue weighted by molar-refractivity contribution is 0.602. The van der Waals surface area contributed by atoms with Crippen molar-refractivity contribution in [3.63, 3.8) is 0 Å². The zero-order valence-electron chi connectivity index (χ0n) is 12.4. The SMILES string of the molecule is CCNc1nn(-c2cc(C)nc(C)n2)c(N)c1S(C)(=O)=O. The third kappa shape index (κ3) is 2.97. The van der Waals surface area contributed by atoms with Crippen LogP contribution in [-0.4, -0.2) is 41.0 Å². The Morgan fingerprint density at radius 3 is 2.52 bits per heavy atom. The summed E-state index contributed by atoms with van der Waals surface area (Å²) in [5.74, 6) is 1.26. The van der Waals surface area contributed by atoms with Gasteiger partial charge in [-0.15, -0.1) is 5.10 Å². The van der Waals surface area contributed by atoms with Crippen molar-refractivity contribution < 1.29 is 8.42 Å². The van der Waals surface area contributed by atoms with Crippen molar-refractivity contribution in [2.75, 3.05) is 23.9 Å². The van der Waals surface area contributed by atoms with Crippen LogP contribution < -0.4 is 11.1 Å². The lowest BCUT2D eigenvalue weighted by Crippen LogP contribution is -2.08. The molecule has 0 unspecified atom stereocenters. The lowest BCUT2D eigenvalue weighted by Gasteiger charge is -2.05. The molecule has 0 bridgehead atoms. The van der Waals surface area contributed by atoms with Crippen LogP contribution in [0.5, 0.6) is 0 Å². The molecule has 0 aliphatic carbocycles. The minimum atomic E-state index is -3.51. The van der Waals surface area contributed by atoms with Crippen LogP contribution in [0, 0.1) is 13.8 Å². The zero-order valence-corrected chi connectivity index (χ0v) is 13.2. The summed E-state index contributed by atoms with van der Waals surface area (Å²) in [5.41, 5.74) is 6.72. The Bertz CT molecular complexity index is 761. The molecule has 2 heterocycles. The standard InChI is InChI=1S/C12H18N6O2S/c1-5-14-12-10(21(4,19)20)11(13)18(17-12)9-6-7(2)15-8(3)16-9/h6H,5,13H2,1-4H3,(H,14,17). The van der Waals surface area contributed by atoms with E-state index >= 15 is 0 Å². The minimum absolute atomic E-state index is 0.0155. The number of nitrogens with zero attached hydrogens (tertiary/aromatic N) is 4. The summed E-state index contributed by atoms with van der Waals surface area (Å²) >= 11 is 0. The Morgan fingerprint density at radius 1 is 1.33 bits per heavy atom. The molecule has 114 valence electrons. The number of hydrogen-bond donors (Lipinski definition) is 2. The molecule has 0 aromatic carbocycles. The Labute approximate surface area is 123 Å². The van der Waals surface area contributed by atoms with Crippen molar-refractivity contribution in [1.29, 1.82) is 0 Å². The van der Waals surface area contributed by atoms with E-state index in [0.717, 1.165) is 11.9 Å². The first-order chi connectivity index (χ1) is 9.74. The van der Waals surface area contributed by atoms with E-state index in [1.807, 2.05) is 13.8 Å². The molecule has 8 nitrogen and oxygen atoms in total. The summed E-state index contributed by atoms with van der Waals surface area (Å²) in [6, 6.07) is 1.69. The van der Waals surface area contributed by atoms with Crippen molar-refractivity contribution in [2.45, 2.75) is 25.7 Å². The Kier molecular flexibility index (Phi) is 3.86. The maximum absolute atomic E-state index is 11.9. The largest absolute Gasteiger partial charge is 0.382 e. The number of nitrogen functional groups attached to an aromatic ring is 1. The molecule has 9 heteroatoms. The van der Waals surface area contributed by atoms with Crippen LogP contribution >= 0.6 is 0 Å². The van der Waals surface area contributed by atoms with Gasteiger partial charge in [0.05, 0.1) is 0 Å². The molecule has 0 radical (unpaired) electrons. The van der Waals surface area contributed by atoms with Crippen LogP contribution in [0.2, 0.25) is 0 Å². The first kappa shape index (κ1) is 15.2. The van der Waals surface area contributed by atoms with E-state index in [9.17, 15) is 8.42 Å². The van der Waals surface area contributed by atoms with Gasteiger partial charge in [0, 0.05) is 24.6 Å². The smallest absolute Gasteiger partial charge is 0.182 e. The van der Waals surface area contributed by atoms with E-state index in [1.165, 1.54) is 4.68 Å². The Balaban J connectivity index is 2.71. The van der Waals surface area contributed by atoms with Gasteiger partial charge in [-0.05, 0) is 20.8 Å². The fourth-order valence-electron chi connectivity index (χ4n) is 2.05. The van der Waals surface area contributed by atoms with Gasteiger partial charge in [-0.1, -0.05) is 0 Å². The number of nitrogens with one attached hydrogen (secondary N) is 1. The van der Waals surface area contributed by atoms with E-state index in [0.29, 0.717) is 18.2 Å². The number of sulfone groups is 1. The quantitative estimate of drug-likeness (QED) is 0.853. The highest BCUT2D eigenvalue weighted by Gasteiger charge is 2.25. The second-order valence-corrected chi connectivity index (χ2v) is 6.64. The monoisotopic (exact) mass is 310 g/mol. The molecular formula is C12H18N6O2S. The molecular weight excluding hydrogens is 292 g/mol. The van der Waals surface area contributed by atoms with Crippen LogP contribution in [0.4, 0.5) is 11.6 Å². The molecule has 21 heavy (non-hydrogen) atoms. The number of hydrogen-bond acceptors (Lipinski definition) is 7. The molecule has 0 atom stereocenters. The number of anilines is 2. The summed E-state index contributed by atoms with van der Waals surface area (Å²) in [7, 11) is -3.51. The molecule has 0 amide bonds. The highest BCUT2D eigenvalue weighted by molar-refractivity contribution is 7.91. The van der Waals surface area contributed by atoms with Crippen molar-refractivity contribution in [3.8, 4) is 5.82 Å².